The summed E-state index contributed by atoms with van der Waals surface area (Å²) in [5, 5.41) is 3.59. The van der Waals surface area contributed by atoms with Crippen LogP contribution in [0.2, 0.25) is 0 Å². The number of fused-ring (bicyclic) bond motifs is 3. The molecule has 1 aliphatic carbocycles. The summed E-state index contributed by atoms with van der Waals surface area (Å²) in [6.07, 6.45) is 6.58. The maximum atomic E-state index is 13.2. The molecule has 1 aromatic heterocycles. The van der Waals surface area contributed by atoms with Gasteiger partial charge in [0, 0.05) is 16.6 Å². The number of anilines is 1. The Labute approximate surface area is 181 Å². The molecule has 3 aromatic rings. The Morgan fingerprint density at radius 2 is 1.81 bits per heavy atom. The number of amides is 1. The monoisotopic (exact) mass is 417 g/mol. The molecule has 0 saturated heterocycles. The standard InChI is InChI=1S/C26H27NO4/c1-3-17-7-9-18(10-8-17)27-25(29)24-16(2)22-20(30-24)11-12-21-23(22)19(28)15-26(31-21)13-5-4-6-14-26/h7-12H,3-6,13-15H2,1-2H3,(H,27,29). The molecule has 5 heteroatoms. The van der Waals surface area contributed by atoms with Gasteiger partial charge in [-0.05, 0) is 68.9 Å². The van der Waals surface area contributed by atoms with Gasteiger partial charge in [-0.3, -0.25) is 9.59 Å². The van der Waals surface area contributed by atoms with Crippen molar-refractivity contribution in [3.8, 4) is 5.75 Å². The van der Waals surface area contributed by atoms with Crippen molar-refractivity contribution in [2.24, 2.45) is 0 Å². The van der Waals surface area contributed by atoms with E-state index >= 15 is 0 Å². The second-order valence-corrected chi connectivity index (χ2v) is 8.82. The zero-order chi connectivity index (χ0) is 21.6. The van der Waals surface area contributed by atoms with Crippen LogP contribution in [-0.2, 0) is 6.42 Å². The molecule has 1 aliphatic heterocycles. The largest absolute Gasteiger partial charge is 0.486 e. The molecular weight excluding hydrogens is 390 g/mol. The maximum absolute atomic E-state index is 13.2. The van der Waals surface area contributed by atoms with Crippen molar-refractivity contribution in [1.29, 1.82) is 0 Å². The van der Waals surface area contributed by atoms with E-state index in [2.05, 4.69) is 12.2 Å². The molecule has 2 aromatic carbocycles. The minimum atomic E-state index is -0.363. The van der Waals surface area contributed by atoms with Crippen molar-refractivity contribution in [1.82, 2.24) is 0 Å². The summed E-state index contributed by atoms with van der Waals surface area (Å²) in [5.74, 6) is 0.616. The first-order valence-corrected chi connectivity index (χ1v) is 11.2. The number of carbonyl (C=O) groups excluding carboxylic acids is 2. The van der Waals surface area contributed by atoms with E-state index in [4.69, 9.17) is 9.15 Å². The van der Waals surface area contributed by atoms with Gasteiger partial charge in [0.15, 0.2) is 11.5 Å². The number of aryl methyl sites for hydroxylation is 2. The predicted molar refractivity (Wildman–Crippen MR) is 120 cm³/mol. The predicted octanol–water partition coefficient (Wildman–Crippen LogP) is 6.22. The quantitative estimate of drug-likeness (QED) is 0.549. The minimum absolute atomic E-state index is 0.0831. The molecule has 2 heterocycles. The molecule has 0 radical (unpaired) electrons. The fourth-order valence-electron chi connectivity index (χ4n) is 5.04. The number of ether oxygens (including phenoxy) is 1. The first kappa shape index (κ1) is 19.9. The smallest absolute Gasteiger partial charge is 0.291 e. The van der Waals surface area contributed by atoms with Crippen LogP contribution in [0.15, 0.2) is 40.8 Å². The minimum Gasteiger partial charge on any atom is -0.486 e. The molecule has 0 bridgehead atoms. The number of carbonyl (C=O) groups is 2. The van der Waals surface area contributed by atoms with Gasteiger partial charge in [0.25, 0.3) is 5.91 Å². The van der Waals surface area contributed by atoms with Gasteiger partial charge in [0.1, 0.15) is 16.9 Å². The van der Waals surface area contributed by atoms with Crippen LogP contribution in [0.1, 0.15) is 77.5 Å². The van der Waals surface area contributed by atoms with E-state index in [1.165, 1.54) is 12.0 Å². The third kappa shape index (κ3) is 3.42. The van der Waals surface area contributed by atoms with E-state index in [0.717, 1.165) is 32.1 Å². The molecule has 0 unspecified atom stereocenters. The Morgan fingerprint density at radius 3 is 2.52 bits per heavy atom. The Morgan fingerprint density at radius 1 is 1.06 bits per heavy atom. The maximum Gasteiger partial charge on any atom is 0.291 e. The summed E-state index contributed by atoms with van der Waals surface area (Å²) in [6.45, 7) is 3.92. The molecule has 2 aliphatic rings. The molecule has 1 spiro atoms. The lowest BCUT2D eigenvalue weighted by Crippen LogP contribution is -2.43. The Balaban J connectivity index is 1.49. The van der Waals surface area contributed by atoms with E-state index in [0.29, 0.717) is 40.0 Å². The van der Waals surface area contributed by atoms with Crippen molar-refractivity contribution in [2.45, 2.75) is 64.4 Å². The number of Topliss-reactive ketones (excluding diaryl/α,β-unsaturated/α-hetero) is 1. The molecule has 1 amide bonds. The van der Waals surface area contributed by atoms with Gasteiger partial charge >= 0.3 is 0 Å². The third-order valence-corrected chi connectivity index (χ3v) is 6.74. The molecule has 31 heavy (non-hydrogen) atoms. The summed E-state index contributed by atoms with van der Waals surface area (Å²) < 4.78 is 12.3. The number of hydrogen-bond donors (Lipinski definition) is 1. The molecule has 1 saturated carbocycles. The van der Waals surface area contributed by atoms with Crippen molar-refractivity contribution in [3.05, 3.63) is 58.8 Å². The van der Waals surface area contributed by atoms with E-state index in [1.807, 2.05) is 43.3 Å². The van der Waals surface area contributed by atoms with Crippen LogP contribution in [-0.4, -0.2) is 17.3 Å². The van der Waals surface area contributed by atoms with E-state index in [9.17, 15) is 9.59 Å². The molecule has 0 atom stereocenters. The van der Waals surface area contributed by atoms with Crippen molar-refractivity contribution < 1.29 is 18.7 Å². The van der Waals surface area contributed by atoms with Crippen LogP contribution in [0.4, 0.5) is 5.69 Å². The number of furan rings is 1. The number of hydrogen-bond acceptors (Lipinski definition) is 4. The second-order valence-electron chi connectivity index (χ2n) is 8.82. The lowest BCUT2D eigenvalue weighted by atomic mass is 9.78. The highest BCUT2D eigenvalue weighted by molar-refractivity contribution is 6.14. The molecular formula is C26H27NO4. The second kappa shape index (κ2) is 7.56. The van der Waals surface area contributed by atoms with Crippen LogP contribution >= 0.6 is 0 Å². The topological polar surface area (TPSA) is 68.5 Å². The Kier molecular flexibility index (Phi) is 4.84. The van der Waals surface area contributed by atoms with Gasteiger partial charge in [0.2, 0.25) is 0 Å². The molecule has 1 fully saturated rings. The number of ketones is 1. The van der Waals surface area contributed by atoms with Crippen LogP contribution in [0.5, 0.6) is 5.75 Å². The van der Waals surface area contributed by atoms with Gasteiger partial charge in [-0.25, -0.2) is 0 Å². The van der Waals surface area contributed by atoms with Gasteiger partial charge < -0.3 is 14.5 Å². The van der Waals surface area contributed by atoms with E-state index in [1.54, 1.807) is 0 Å². The molecule has 5 nitrogen and oxygen atoms in total. The normalized spacial score (nSPS) is 17.4. The zero-order valence-corrected chi connectivity index (χ0v) is 18.0. The zero-order valence-electron chi connectivity index (χ0n) is 18.0. The Bertz CT molecular complexity index is 1170. The summed E-state index contributed by atoms with van der Waals surface area (Å²) >= 11 is 0. The fraction of sp³-hybridized carbons (Fsp3) is 0.385. The van der Waals surface area contributed by atoms with Gasteiger partial charge in [-0.15, -0.1) is 0 Å². The van der Waals surface area contributed by atoms with Crippen molar-refractivity contribution >= 4 is 28.3 Å². The van der Waals surface area contributed by atoms with Crippen molar-refractivity contribution in [3.63, 3.8) is 0 Å². The van der Waals surface area contributed by atoms with Crippen LogP contribution in [0.3, 0.4) is 0 Å². The highest BCUT2D eigenvalue weighted by Crippen LogP contribution is 2.45. The number of nitrogens with one attached hydrogen (secondary N) is 1. The number of rotatable bonds is 3. The summed E-state index contributed by atoms with van der Waals surface area (Å²) in [7, 11) is 0. The van der Waals surface area contributed by atoms with Gasteiger partial charge in [-0.1, -0.05) is 25.5 Å². The van der Waals surface area contributed by atoms with Crippen LogP contribution < -0.4 is 10.1 Å². The third-order valence-electron chi connectivity index (χ3n) is 6.74. The first-order chi connectivity index (χ1) is 15.0. The SMILES string of the molecule is CCc1ccc(NC(=O)c2oc3ccc4c(c3c2C)C(=O)CC2(CCCCC2)O4)cc1. The number of benzene rings is 2. The summed E-state index contributed by atoms with van der Waals surface area (Å²) in [6, 6.07) is 11.4. The Hall–Kier alpha value is -3.08. The van der Waals surface area contributed by atoms with Gasteiger partial charge in [0.05, 0.1) is 12.0 Å². The average molecular weight is 418 g/mol. The van der Waals surface area contributed by atoms with Gasteiger partial charge in [-0.2, -0.15) is 0 Å². The lowest BCUT2D eigenvalue weighted by molar-refractivity contribution is 0.0139. The first-order valence-electron chi connectivity index (χ1n) is 11.2. The highest BCUT2D eigenvalue weighted by atomic mass is 16.5. The van der Waals surface area contributed by atoms with Crippen LogP contribution in [0.25, 0.3) is 11.0 Å². The average Bonchev–Trinajstić information content (AvgIpc) is 3.11. The van der Waals surface area contributed by atoms with E-state index in [-0.39, 0.29) is 23.1 Å². The van der Waals surface area contributed by atoms with Crippen molar-refractivity contribution in [2.75, 3.05) is 5.32 Å². The van der Waals surface area contributed by atoms with Crippen LogP contribution in [0, 0.1) is 6.92 Å². The van der Waals surface area contributed by atoms with E-state index < -0.39 is 0 Å². The molecule has 160 valence electrons. The summed E-state index contributed by atoms with van der Waals surface area (Å²) in [4.78, 5) is 26.2. The fourth-order valence-corrected chi connectivity index (χ4v) is 5.04. The highest BCUT2D eigenvalue weighted by Gasteiger charge is 2.42. The molecule has 1 N–H and O–H groups in total. The molecule has 5 rings (SSSR count). The summed E-state index contributed by atoms with van der Waals surface area (Å²) in [5.41, 5.74) is 3.33. The lowest BCUT2D eigenvalue weighted by Gasteiger charge is -2.40.